The number of hydrogen-bond donors (Lipinski definition) is 8. The molecule has 2 rings (SSSR count). The molecule has 1 unspecified atom stereocenters. The SMILES string of the molecule is CC[C@H]1OC(=O)C(C)[C@@](O)(CN(CO)CO)[C@H](C)[C@@H](O[C@@H]2O[C@H](C)C[C@H](N(C)C)[C@H]2O)[C@@](C)(O)C[C@@H](C)CN[C@H](C)[C@@H](O)[C@]1(C)O. The van der Waals surface area contributed by atoms with Crippen molar-refractivity contribution in [2.24, 2.45) is 17.8 Å². The van der Waals surface area contributed by atoms with E-state index in [2.05, 4.69) is 5.32 Å². The molecular weight excluding hydrogens is 602 g/mol. The van der Waals surface area contributed by atoms with Gasteiger partial charge in [-0.3, -0.25) is 9.69 Å². The summed E-state index contributed by atoms with van der Waals surface area (Å²) in [5.41, 5.74) is -5.66. The summed E-state index contributed by atoms with van der Waals surface area (Å²) in [4.78, 5) is 16.8. The van der Waals surface area contributed by atoms with Crippen molar-refractivity contribution in [3.8, 4) is 0 Å². The maximum atomic E-state index is 13.8. The van der Waals surface area contributed by atoms with Gasteiger partial charge in [0.2, 0.25) is 0 Å². The Hall–Kier alpha value is -1.01. The molecule has 46 heavy (non-hydrogen) atoms. The van der Waals surface area contributed by atoms with Crippen LogP contribution in [0.5, 0.6) is 0 Å². The number of cyclic esters (lactones) is 1. The van der Waals surface area contributed by atoms with Gasteiger partial charge in [0.05, 0.1) is 42.8 Å². The van der Waals surface area contributed by atoms with Crippen LogP contribution in [0, 0.1) is 17.8 Å². The Morgan fingerprint density at radius 1 is 1.02 bits per heavy atom. The van der Waals surface area contributed by atoms with Gasteiger partial charge in [0.1, 0.15) is 23.9 Å². The van der Waals surface area contributed by atoms with Crippen LogP contribution in [0.25, 0.3) is 0 Å². The fourth-order valence-electron chi connectivity index (χ4n) is 7.19. The van der Waals surface area contributed by atoms with Crippen LogP contribution in [-0.4, -0.2) is 158 Å². The molecule has 0 amide bonds. The van der Waals surface area contributed by atoms with Gasteiger partial charge in [-0.2, -0.15) is 0 Å². The molecule has 2 fully saturated rings. The number of hydrogen-bond acceptors (Lipinski definition) is 14. The van der Waals surface area contributed by atoms with Crippen LogP contribution in [-0.2, 0) is 19.0 Å². The second-order valence-electron chi connectivity index (χ2n) is 14.6. The Kier molecular flexibility index (Phi) is 14.9. The minimum Gasteiger partial charge on any atom is -0.459 e. The van der Waals surface area contributed by atoms with Gasteiger partial charge in [0.25, 0.3) is 0 Å². The lowest BCUT2D eigenvalue weighted by Gasteiger charge is -2.50. The number of nitrogens with one attached hydrogen (secondary N) is 1. The third kappa shape index (κ3) is 9.36. The van der Waals surface area contributed by atoms with Crippen molar-refractivity contribution >= 4 is 5.97 Å². The van der Waals surface area contributed by atoms with Crippen LogP contribution in [0.2, 0.25) is 0 Å². The van der Waals surface area contributed by atoms with Gasteiger partial charge in [-0.05, 0) is 80.4 Å². The molecule has 14 heteroatoms. The summed E-state index contributed by atoms with van der Waals surface area (Å²) in [7, 11) is 3.67. The van der Waals surface area contributed by atoms with Crippen molar-refractivity contribution in [2.45, 2.75) is 140 Å². The smallest absolute Gasteiger partial charge is 0.312 e. The molecule has 14 atom stereocenters. The molecule has 14 nitrogen and oxygen atoms in total. The zero-order chi connectivity index (χ0) is 35.4. The van der Waals surface area contributed by atoms with E-state index in [0.717, 1.165) is 4.90 Å². The lowest BCUT2D eigenvalue weighted by atomic mass is 9.70. The van der Waals surface area contributed by atoms with E-state index in [0.29, 0.717) is 13.0 Å². The molecule has 2 saturated heterocycles. The first-order chi connectivity index (χ1) is 21.2. The van der Waals surface area contributed by atoms with E-state index in [4.69, 9.17) is 14.2 Å². The van der Waals surface area contributed by atoms with Crippen LogP contribution in [0.1, 0.15) is 74.7 Å². The molecule has 0 spiro atoms. The number of carbonyl (C=O) groups is 1. The van der Waals surface area contributed by atoms with E-state index >= 15 is 0 Å². The first-order valence-corrected chi connectivity index (χ1v) is 16.6. The molecule has 0 aromatic rings. The molecule has 0 aliphatic carbocycles. The average molecular weight is 666 g/mol. The van der Waals surface area contributed by atoms with Crippen LogP contribution < -0.4 is 5.32 Å². The van der Waals surface area contributed by atoms with Gasteiger partial charge < -0.3 is 60.2 Å². The van der Waals surface area contributed by atoms with Crippen LogP contribution >= 0.6 is 0 Å². The molecule has 8 N–H and O–H groups in total. The predicted octanol–water partition coefficient (Wildman–Crippen LogP) is -0.795. The fourth-order valence-corrected chi connectivity index (χ4v) is 7.19. The number of carbonyl (C=O) groups excluding carboxylic acids is 1. The third-order valence-corrected chi connectivity index (χ3v) is 10.3. The topological polar surface area (TPSA) is 205 Å². The second kappa shape index (κ2) is 16.6. The third-order valence-electron chi connectivity index (χ3n) is 10.3. The summed E-state index contributed by atoms with van der Waals surface area (Å²) in [6, 6.07) is -0.948. The number of likely N-dealkylation sites (N-methyl/N-ethyl adjacent to an activating group) is 1. The van der Waals surface area contributed by atoms with Crippen molar-refractivity contribution in [3.05, 3.63) is 0 Å². The van der Waals surface area contributed by atoms with Gasteiger partial charge in [-0.1, -0.05) is 20.8 Å². The number of aliphatic hydroxyl groups is 7. The quantitative estimate of drug-likeness (QED) is 0.118. The van der Waals surface area contributed by atoms with E-state index in [9.17, 15) is 40.5 Å². The molecule has 2 aliphatic heterocycles. The van der Waals surface area contributed by atoms with Crippen molar-refractivity contribution in [1.82, 2.24) is 15.1 Å². The Morgan fingerprint density at radius 3 is 2.13 bits per heavy atom. The highest BCUT2D eigenvalue weighted by Crippen LogP contribution is 2.40. The normalized spacial score (nSPS) is 45.7. The van der Waals surface area contributed by atoms with Gasteiger partial charge in [-0.15, -0.1) is 0 Å². The maximum Gasteiger partial charge on any atom is 0.312 e. The van der Waals surface area contributed by atoms with E-state index in [1.54, 1.807) is 27.7 Å². The fraction of sp³-hybridized carbons (Fsp3) is 0.969. The van der Waals surface area contributed by atoms with Gasteiger partial charge in [0.15, 0.2) is 6.29 Å². The number of aliphatic hydroxyl groups excluding tert-OH is 4. The summed E-state index contributed by atoms with van der Waals surface area (Å²) < 4.78 is 18.3. The summed E-state index contributed by atoms with van der Waals surface area (Å²) in [5, 5.41) is 81.7. The Morgan fingerprint density at radius 2 is 1.61 bits per heavy atom. The number of rotatable bonds is 8. The molecule has 0 aromatic heterocycles. The molecule has 0 aromatic carbocycles. The Bertz CT molecular complexity index is 952. The highest BCUT2D eigenvalue weighted by atomic mass is 16.7. The lowest BCUT2D eigenvalue weighted by molar-refractivity contribution is -0.305. The van der Waals surface area contributed by atoms with Crippen molar-refractivity contribution < 1.29 is 54.8 Å². The predicted molar refractivity (Wildman–Crippen MR) is 170 cm³/mol. The average Bonchev–Trinajstić information content (AvgIpc) is 2.98. The summed E-state index contributed by atoms with van der Waals surface area (Å²) in [6.45, 7) is 11.7. The largest absolute Gasteiger partial charge is 0.459 e. The molecular formula is C32H63N3O11. The van der Waals surface area contributed by atoms with E-state index < -0.39 is 91.4 Å². The maximum absolute atomic E-state index is 13.8. The van der Waals surface area contributed by atoms with Gasteiger partial charge in [-0.25, -0.2) is 0 Å². The number of ether oxygens (including phenoxy) is 3. The highest BCUT2D eigenvalue weighted by molar-refractivity contribution is 5.74. The molecule has 0 bridgehead atoms. The number of esters is 1. The summed E-state index contributed by atoms with van der Waals surface area (Å²) in [6.07, 6.45) is -5.54. The van der Waals surface area contributed by atoms with Gasteiger partial charge >= 0.3 is 5.97 Å². The zero-order valence-electron chi connectivity index (χ0n) is 29.5. The summed E-state index contributed by atoms with van der Waals surface area (Å²) in [5.74, 6) is -3.56. The van der Waals surface area contributed by atoms with Crippen LogP contribution in [0.4, 0.5) is 0 Å². The van der Waals surface area contributed by atoms with Crippen LogP contribution in [0.15, 0.2) is 0 Å². The molecule has 2 aliphatic rings. The van der Waals surface area contributed by atoms with Crippen molar-refractivity contribution in [2.75, 3.05) is 40.6 Å². The van der Waals surface area contributed by atoms with E-state index in [-0.39, 0.29) is 30.9 Å². The van der Waals surface area contributed by atoms with E-state index in [1.165, 1.54) is 13.8 Å². The van der Waals surface area contributed by atoms with Crippen LogP contribution in [0.3, 0.4) is 0 Å². The molecule has 0 saturated carbocycles. The summed E-state index contributed by atoms with van der Waals surface area (Å²) >= 11 is 0. The monoisotopic (exact) mass is 665 g/mol. The second-order valence-corrected chi connectivity index (χ2v) is 14.6. The number of nitrogens with zero attached hydrogens (tertiary/aromatic N) is 2. The minimum absolute atomic E-state index is 0.125. The molecule has 2 heterocycles. The highest BCUT2D eigenvalue weighted by Gasteiger charge is 2.55. The molecule has 0 radical (unpaired) electrons. The van der Waals surface area contributed by atoms with E-state index in [1.807, 2.05) is 32.8 Å². The van der Waals surface area contributed by atoms with Crippen molar-refractivity contribution in [1.29, 1.82) is 0 Å². The molecule has 272 valence electrons. The zero-order valence-corrected chi connectivity index (χ0v) is 29.5. The van der Waals surface area contributed by atoms with Crippen molar-refractivity contribution in [3.63, 3.8) is 0 Å². The first-order valence-electron chi connectivity index (χ1n) is 16.6. The standard InChI is InChI=1S/C32H63N3O11/c1-11-24-31(8,42)26(39)22(6)33-14-18(2)13-30(7,41)27(46-29-25(38)23(34(9)10)12-19(3)44-29)20(4)32(43,15-35(16-36)17-37)21(5)28(40)45-24/h18-27,29,33,36-39,41-43H,11-17H2,1-10H3/t18-,19-,20-,21?,22-,23+,24-,25-,26-,27-,29+,30+,31-,32-/m1/s1. The van der Waals surface area contributed by atoms with Gasteiger partial charge in [0, 0.05) is 24.5 Å². The lowest BCUT2D eigenvalue weighted by Crippen LogP contribution is -2.64. The Labute approximate surface area is 274 Å². The first kappa shape index (κ1) is 41.2. The minimum atomic E-state index is -2.11. The Balaban J connectivity index is 2.73.